The van der Waals surface area contributed by atoms with Gasteiger partial charge >= 0.3 is 0 Å². The second-order valence-electron chi connectivity index (χ2n) is 6.39. The number of fused-ring (bicyclic) bond motifs is 1. The first-order chi connectivity index (χ1) is 9.86. The second-order valence-corrected chi connectivity index (χ2v) is 7.31. The number of anilines is 1. The first-order valence-electron chi connectivity index (χ1n) is 7.00. The molecule has 110 valence electrons. The van der Waals surface area contributed by atoms with E-state index in [4.69, 9.17) is 0 Å². The molecule has 0 radical (unpaired) electrons. The Morgan fingerprint density at radius 3 is 2.81 bits per heavy atom. The van der Waals surface area contributed by atoms with Crippen LogP contribution in [0.25, 0.3) is 0 Å². The van der Waals surface area contributed by atoms with Gasteiger partial charge in [0.15, 0.2) is 0 Å². The molecule has 0 saturated carbocycles. The van der Waals surface area contributed by atoms with Crippen LogP contribution in [0.2, 0.25) is 0 Å². The van der Waals surface area contributed by atoms with E-state index in [0.717, 1.165) is 21.4 Å². The lowest BCUT2D eigenvalue weighted by atomic mass is 9.87. The third-order valence-electron chi connectivity index (χ3n) is 3.71. The van der Waals surface area contributed by atoms with Crippen molar-refractivity contribution in [3.8, 4) is 0 Å². The van der Waals surface area contributed by atoms with E-state index in [1.165, 1.54) is 0 Å². The Morgan fingerprint density at radius 1 is 1.38 bits per heavy atom. The maximum absolute atomic E-state index is 12.1. The normalized spacial score (nSPS) is 18.3. The minimum Gasteiger partial charge on any atom is -0.311 e. The third-order valence-corrected chi connectivity index (χ3v) is 4.20. The van der Waals surface area contributed by atoms with E-state index < -0.39 is 0 Å². The van der Waals surface area contributed by atoms with Crippen molar-refractivity contribution < 1.29 is 4.79 Å². The minimum absolute atomic E-state index is 0.0403. The number of aromatic nitrogens is 2. The van der Waals surface area contributed by atoms with Gasteiger partial charge in [0.2, 0.25) is 5.91 Å². The number of nitrogens with one attached hydrogen (secondary N) is 1. The summed E-state index contributed by atoms with van der Waals surface area (Å²) in [5.41, 5.74) is 2.05. The molecule has 2 aromatic rings. The lowest BCUT2D eigenvalue weighted by molar-refractivity contribution is -0.116. The zero-order valence-electron chi connectivity index (χ0n) is 12.4. The quantitative estimate of drug-likeness (QED) is 0.850. The number of nitrogens with zero attached hydrogens (tertiary/aromatic N) is 2. The van der Waals surface area contributed by atoms with Crippen LogP contribution in [0, 0.1) is 0 Å². The van der Waals surface area contributed by atoms with Crippen LogP contribution in [0.1, 0.15) is 44.2 Å². The number of amides is 1. The van der Waals surface area contributed by atoms with E-state index in [-0.39, 0.29) is 17.4 Å². The molecule has 0 spiro atoms. The second kappa shape index (κ2) is 4.98. The summed E-state index contributed by atoms with van der Waals surface area (Å²) < 4.78 is 2.92. The lowest BCUT2D eigenvalue weighted by Gasteiger charge is -2.28. The molecule has 1 N–H and O–H groups in total. The summed E-state index contributed by atoms with van der Waals surface area (Å²) >= 11 is 3.50. The summed E-state index contributed by atoms with van der Waals surface area (Å²) in [5.74, 6) is 0.921. The number of benzene rings is 1. The first kappa shape index (κ1) is 14.3. The van der Waals surface area contributed by atoms with Gasteiger partial charge in [-0.1, -0.05) is 28.1 Å². The fourth-order valence-electron chi connectivity index (χ4n) is 2.75. The van der Waals surface area contributed by atoms with E-state index in [2.05, 4.69) is 59.2 Å². The zero-order valence-corrected chi connectivity index (χ0v) is 13.9. The summed E-state index contributed by atoms with van der Waals surface area (Å²) in [6.45, 7) is 6.24. The molecular formula is C16H18BrN3O. The molecule has 2 heterocycles. The molecule has 0 bridgehead atoms. The molecule has 1 unspecified atom stereocenters. The van der Waals surface area contributed by atoms with Gasteiger partial charge in [0.1, 0.15) is 5.82 Å². The van der Waals surface area contributed by atoms with Crippen molar-refractivity contribution >= 4 is 27.7 Å². The highest BCUT2D eigenvalue weighted by atomic mass is 79.9. The Balaban J connectivity index is 2.11. The van der Waals surface area contributed by atoms with Crippen LogP contribution in [0.15, 0.2) is 34.9 Å². The SMILES string of the molecule is CC(C)(C)n1ncc2c1NC(=O)CC2c1cccc(Br)c1. The first-order valence-corrected chi connectivity index (χ1v) is 7.79. The molecule has 1 aliphatic heterocycles. The van der Waals surface area contributed by atoms with Crippen LogP contribution in [0.3, 0.4) is 0 Å². The number of carbonyl (C=O) groups is 1. The molecule has 1 atom stereocenters. The van der Waals surface area contributed by atoms with Crippen molar-refractivity contribution in [1.82, 2.24) is 9.78 Å². The maximum atomic E-state index is 12.1. The van der Waals surface area contributed by atoms with Gasteiger partial charge in [-0.2, -0.15) is 5.10 Å². The van der Waals surface area contributed by atoms with Crippen molar-refractivity contribution in [2.24, 2.45) is 0 Å². The Hall–Kier alpha value is -1.62. The number of hydrogen-bond donors (Lipinski definition) is 1. The largest absolute Gasteiger partial charge is 0.311 e. The molecular weight excluding hydrogens is 330 g/mol. The van der Waals surface area contributed by atoms with E-state index in [0.29, 0.717) is 6.42 Å². The predicted molar refractivity (Wildman–Crippen MR) is 86.5 cm³/mol. The van der Waals surface area contributed by atoms with Crippen LogP contribution in [0.5, 0.6) is 0 Å². The standard InChI is InChI=1S/C16H18BrN3O/c1-16(2,3)20-15-13(9-18-20)12(8-14(21)19-15)10-5-4-6-11(17)7-10/h4-7,9,12H,8H2,1-3H3,(H,19,21). The monoisotopic (exact) mass is 347 g/mol. The van der Waals surface area contributed by atoms with E-state index in [9.17, 15) is 4.79 Å². The van der Waals surface area contributed by atoms with Gasteiger partial charge in [0.05, 0.1) is 11.7 Å². The number of rotatable bonds is 1. The van der Waals surface area contributed by atoms with Crippen molar-refractivity contribution in [2.75, 3.05) is 5.32 Å². The Morgan fingerprint density at radius 2 is 2.14 bits per heavy atom. The Labute approximate surface area is 132 Å². The summed E-state index contributed by atoms with van der Waals surface area (Å²) in [4.78, 5) is 12.1. The molecule has 1 aromatic heterocycles. The maximum Gasteiger partial charge on any atom is 0.226 e. The van der Waals surface area contributed by atoms with Crippen molar-refractivity contribution in [1.29, 1.82) is 0 Å². The highest BCUT2D eigenvalue weighted by Crippen LogP contribution is 2.39. The summed E-state index contributed by atoms with van der Waals surface area (Å²) in [6.07, 6.45) is 2.34. The fourth-order valence-corrected chi connectivity index (χ4v) is 3.17. The number of carbonyl (C=O) groups excluding carboxylic acids is 1. The molecule has 1 aromatic carbocycles. The Bertz CT molecular complexity index is 700. The predicted octanol–water partition coefficient (Wildman–Crippen LogP) is 3.87. The van der Waals surface area contributed by atoms with Crippen LogP contribution >= 0.6 is 15.9 Å². The molecule has 5 heteroatoms. The van der Waals surface area contributed by atoms with Crippen LogP contribution in [-0.2, 0) is 10.3 Å². The summed E-state index contributed by atoms with van der Waals surface area (Å²) in [7, 11) is 0. The van der Waals surface area contributed by atoms with E-state index in [1.807, 2.05) is 23.0 Å². The van der Waals surface area contributed by atoms with E-state index in [1.54, 1.807) is 0 Å². The smallest absolute Gasteiger partial charge is 0.226 e. The van der Waals surface area contributed by atoms with E-state index >= 15 is 0 Å². The number of halogens is 1. The summed E-state index contributed by atoms with van der Waals surface area (Å²) in [5, 5.41) is 7.47. The lowest BCUT2D eigenvalue weighted by Crippen LogP contribution is -2.30. The minimum atomic E-state index is -0.167. The van der Waals surface area contributed by atoms with Crippen molar-refractivity contribution in [2.45, 2.75) is 38.6 Å². The molecule has 21 heavy (non-hydrogen) atoms. The van der Waals surface area contributed by atoms with Gasteiger partial charge in [-0.25, -0.2) is 4.68 Å². The van der Waals surface area contributed by atoms with Crippen LogP contribution in [-0.4, -0.2) is 15.7 Å². The average Bonchev–Trinajstić information content (AvgIpc) is 2.81. The van der Waals surface area contributed by atoms with Gasteiger partial charge in [0.25, 0.3) is 0 Å². The Kier molecular flexibility index (Phi) is 3.40. The molecule has 0 fully saturated rings. The molecule has 1 aliphatic rings. The topological polar surface area (TPSA) is 46.9 Å². The molecule has 0 saturated heterocycles. The average molecular weight is 348 g/mol. The van der Waals surface area contributed by atoms with Crippen molar-refractivity contribution in [3.63, 3.8) is 0 Å². The molecule has 1 amide bonds. The molecule has 3 rings (SSSR count). The van der Waals surface area contributed by atoms with Gasteiger partial charge < -0.3 is 5.32 Å². The molecule has 4 nitrogen and oxygen atoms in total. The highest BCUT2D eigenvalue weighted by molar-refractivity contribution is 9.10. The highest BCUT2D eigenvalue weighted by Gasteiger charge is 2.32. The van der Waals surface area contributed by atoms with Gasteiger partial charge in [-0.3, -0.25) is 4.79 Å². The van der Waals surface area contributed by atoms with Crippen LogP contribution < -0.4 is 5.32 Å². The zero-order chi connectivity index (χ0) is 15.2. The van der Waals surface area contributed by atoms with Crippen molar-refractivity contribution in [3.05, 3.63) is 46.1 Å². The van der Waals surface area contributed by atoms with Gasteiger partial charge in [0, 0.05) is 22.4 Å². The van der Waals surface area contributed by atoms with Gasteiger partial charge in [-0.05, 0) is 38.5 Å². The van der Waals surface area contributed by atoms with Crippen LogP contribution in [0.4, 0.5) is 5.82 Å². The third kappa shape index (κ3) is 2.62. The summed E-state index contributed by atoms with van der Waals surface area (Å²) in [6, 6.07) is 8.12. The molecule has 0 aliphatic carbocycles. The fraction of sp³-hybridized carbons (Fsp3) is 0.375. The van der Waals surface area contributed by atoms with Gasteiger partial charge in [-0.15, -0.1) is 0 Å². The number of hydrogen-bond acceptors (Lipinski definition) is 2.